The molecule has 0 amide bonds. The van der Waals surface area contributed by atoms with Gasteiger partial charge in [-0.05, 0) is 29.0 Å². The van der Waals surface area contributed by atoms with Crippen LogP contribution < -0.4 is 10.1 Å². The van der Waals surface area contributed by atoms with Crippen molar-refractivity contribution in [1.82, 2.24) is 9.97 Å². The molecule has 0 radical (unpaired) electrons. The van der Waals surface area contributed by atoms with Gasteiger partial charge in [0, 0.05) is 28.0 Å². The summed E-state index contributed by atoms with van der Waals surface area (Å²) in [6.45, 7) is 0.531. The average Bonchev–Trinajstić information content (AvgIpc) is 3.40. The maximum Gasteiger partial charge on any atom is 0.260 e. The summed E-state index contributed by atoms with van der Waals surface area (Å²) in [7, 11) is 0. The van der Waals surface area contributed by atoms with Gasteiger partial charge in [-0.15, -0.1) is 22.7 Å². The molecule has 1 N–H and O–H groups in total. The topological polar surface area (TPSA) is 49.6 Å². The van der Waals surface area contributed by atoms with Crippen molar-refractivity contribution in [2.24, 2.45) is 0 Å². The molecule has 0 aliphatic rings. The van der Waals surface area contributed by atoms with E-state index in [0.29, 0.717) is 17.8 Å². The molecule has 29 heavy (non-hydrogen) atoms. The van der Waals surface area contributed by atoms with Crippen LogP contribution in [-0.2, 0) is 13.0 Å². The lowest BCUT2D eigenvalue weighted by Crippen LogP contribution is -2.35. The molecule has 1 aromatic carbocycles. The second kappa shape index (κ2) is 7.73. The first kappa shape index (κ1) is 18.0. The monoisotopic (exact) mass is 416 g/mol. The lowest BCUT2D eigenvalue weighted by molar-refractivity contribution is -0.689. The van der Waals surface area contributed by atoms with Gasteiger partial charge in [0.05, 0.1) is 5.39 Å². The van der Waals surface area contributed by atoms with Gasteiger partial charge >= 0.3 is 0 Å². The van der Waals surface area contributed by atoms with Crippen LogP contribution in [0.2, 0.25) is 0 Å². The van der Waals surface area contributed by atoms with Crippen molar-refractivity contribution in [1.29, 1.82) is 0 Å². The highest BCUT2D eigenvalue weighted by molar-refractivity contribution is 7.18. The first-order chi connectivity index (χ1) is 14.3. The lowest BCUT2D eigenvalue weighted by Gasteiger charge is -2.02. The summed E-state index contributed by atoms with van der Waals surface area (Å²) < 4.78 is 2.03. The summed E-state index contributed by atoms with van der Waals surface area (Å²) in [5.74, 6) is 0.669. The zero-order valence-corrected chi connectivity index (χ0v) is 17.2. The van der Waals surface area contributed by atoms with E-state index >= 15 is 0 Å². The Morgan fingerprint density at radius 3 is 2.48 bits per heavy atom. The second-order valence-electron chi connectivity index (χ2n) is 6.86. The first-order valence-corrected chi connectivity index (χ1v) is 11.1. The number of H-pyrrole nitrogens is 1. The largest absolute Gasteiger partial charge is 0.305 e. The van der Waals surface area contributed by atoms with Crippen LogP contribution in [0.1, 0.15) is 17.0 Å². The number of nitrogens with one attached hydrogen (secondary N) is 1. The fourth-order valence-electron chi connectivity index (χ4n) is 3.40. The molecule has 6 heteroatoms. The molecule has 5 aromatic rings. The van der Waals surface area contributed by atoms with Gasteiger partial charge in [-0.3, -0.25) is 4.79 Å². The zero-order valence-electron chi connectivity index (χ0n) is 15.5. The standard InChI is InChI=1S/C23H17N3OS2/c27-22-21-18(19-7-4-12-28-19)15-29-23(21)25-20(24-22)14-26-10-8-17(9-11-26)13-16-5-2-1-3-6-16/h1-12,15H,13-14H2/p+1. The minimum absolute atomic E-state index is 0.0732. The zero-order chi connectivity index (χ0) is 19.6. The highest BCUT2D eigenvalue weighted by atomic mass is 32.1. The summed E-state index contributed by atoms with van der Waals surface area (Å²) in [5, 5.41) is 4.73. The number of aromatic amines is 1. The number of thiophene rings is 2. The highest BCUT2D eigenvalue weighted by Crippen LogP contribution is 2.33. The fraction of sp³-hybridized carbons (Fsp3) is 0.0870. The molecule has 0 fully saturated rings. The molecular formula is C23H18N3OS2+. The molecule has 0 aliphatic heterocycles. The smallest absolute Gasteiger partial charge is 0.260 e. The Morgan fingerprint density at radius 1 is 0.931 bits per heavy atom. The van der Waals surface area contributed by atoms with Crippen molar-refractivity contribution in [2.45, 2.75) is 13.0 Å². The Labute approximate surface area is 175 Å². The Kier molecular flexibility index (Phi) is 4.79. The number of fused-ring (bicyclic) bond motifs is 1. The van der Waals surface area contributed by atoms with Gasteiger partial charge in [0.1, 0.15) is 4.83 Å². The van der Waals surface area contributed by atoms with E-state index in [-0.39, 0.29) is 5.56 Å². The first-order valence-electron chi connectivity index (χ1n) is 9.32. The van der Waals surface area contributed by atoms with E-state index in [0.717, 1.165) is 21.7 Å². The molecule has 0 spiro atoms. The van der Waals surface area contributed by atoms with Crippen LogP contribution >= 0.6 is 22.7 Å². The maximum atomic E-state index is 12.7. The van der Waals surface area contributed by atoms with E-state index in [1.54, 1.807) is 11.3 Å². The van der Waals surface area contributed by atoms with Crippen molar-refractivity contribution < 1.29 is 4.57 Å². The van der Waals surface area contributed by atoms with E-state index in [9.17, 15) is 4.79 Å². The number of nitrogens with zero attached hydrogens (tertiary/aromatic N) is 2. The van der Waals surface area contributed by atoms with Crippen molar-refractivity contribution in [2.75, 3.05) is 0 Å². The Hall–Kier alpha value is -3.09. The number of rotatable bonds is 5. The van der Waals surface area contributed by atoms with E-state index in [1.165, 1.54) is 22.5 Å². The molecule has 0 unspecified atom stereocenters. The molecule has 5 rings (SSSR count). The number of hydrogen-bond acceptors (Lipinski definition) is 4. The van der Waals surface area contributed by atoms with Gasteiger partial charge in [0.15, 0.2) is 18.2 Å². The van der Waals surface area contributed by atoms with Gasteiger partial charge in [0.25, 0.3) is 5.56 Å². The molecule has 4 nitrogen and oxygen atoms in total. The summed E-state index contributed by atoms with van der Waals surface area (Å²) in [6, 6.07) is 18.7. The Bertz CT molecular complexity index is 1300. The molecule has 0 aliphatic carbocycles. The van der Waals surface area contributed by atoms with Crippen LogP contribution in [0.4, 0.5) is 0 Å². The second-order valence-corrected chi connectivity index (χ2v) is 8.67. The van der Waals surface area contributed by atoms with E-state index < -0.39 is 0 Å². The fourth-order valence-corrected chi connectivity index (χ4v) is 5.18. The van der Waals surface area contributed by atoms with E-state index in [2.05, 4.69) is 41.4 Å². The van der Waals surface area contributed by atoms with Crippen molar-refractivity contribution in [3.63, 3.8) is 0 Å². The molecular weight excluding hydrogens is 398 g/mol. The molecule has 4 heterocycles. The molecule has 4 aromatic heterocycles. The average molecular weight is 417 g/mol. The Balaban J connectivity index is 1.38. The number of benzene rings is 1. The van der Waals surface area contributed by atoms with Crippen LogP contribution in [0.5, 0.6) is 0 Å². The predicted molar refractivity (Wildman–Crippen MR) is 119 cm³/mol. The molecule has 0 saturated carbocycles. The van der Waals surface area contributed by atoms with Gasteiger partial charge in [-0.25, -0.2) is 4.98 Å². The minimum atomic E-state index is -0.0732. The van der Waals surface area contributed by atoms with Gasteiger partial charge < -0.3 is 4.98 Å². The lowest BCUT2D eigenvalue weighted by atomic mass is 10.1. The molecule has 0 bridgehead atoms. The Morgan fingerprint density at radius 2 is 1.72 bits per heavy atom. The molecule has 142 valence electrons. The quantitative estimate of drug-likeness (QED) is 0.424. The third-order valence-electron chi connectivity index (χ3n) is 4.82. The van der Waals surface area contributed by atoms with Gasteiger partial charge in [-0.2, -0.15) is 4.57 Å². The van der Waals surface area contributed by atoms with Crippen LogP contribution in [0.15, 0.2) is 82.5 Å². The van der Waals surface area contributed by atoms with E-state index in [1.807, 2.05) is 45.9 Å². The summed E-state index contributed by atoms with van der Waals surface area (Å²) in [4.78, 5) is 22.3. The highest BCUT2D eigenvalue weighted by Gasteiger charge is 2.15. The third-order valence-corrected chi connectivity index (χ3v) is 6.60. The number of pyridine rings is 1. The van der Waals surface area contributed by atoms with Crippen molar-refractivity contribution >= 4 is 32.9 Å². The molecule has 0 atom stereocenters. The van der Waals surface area contributed by atoms with Crippen LogP contribution in [0.3, 0.4) is 0 Å². The number of hydrogen-bond donors (Lipinski definition) is 1. The third kappa shape index (κ3) is 3.77. The SMILES string of the molecule is O=c1[nH]c(C[n+]2ccc(Cc3ccccc3)cc2)nc2scc(-c3cccs3)c12. The van der Waals surface area contributed by atoms with Gasteiger partial charge in [-0.1, -0.05) is 36.4 Å². The van der Waals surface area contributed by atoms with Crippen molar-refractivity contribution in [3.8, 4) is 10.4 Å². The van der Waals surface area contributed by atoms with E-state index in [4.69, 9.17) is 4.98 Å². The predicted octanol–water partition coefficient (Wildman–Crippen LogP) is 4.64. The maximum absolute atomic E-state index is 12.7. The summed E-state index contributed by atoms with van der Waals surface area (Å²) in [5.41, 5.74) is 3.44. The minimum Gasteiger partial charge on any atom is -0.305 e. The summed E-state index contributed by atoms with van der Waals surface area (Å²) >= 11 is 3.16. The normalized spacial score (nSPS) is 11.2. The van der Waals surface area contributed by atoms with Gasteiger partial charge in [0.2, 0.25) is 6.54 Å². The van der Waals surface area contributed by atoms with Crippen LogP contribution in [0.25, 0.3) is 20.7 Å². The number of aromatic nitrogens is 3. The molecule has 0 saturated heterocycles. The van der Waals surface area contributed by atoms with Crippen LogP contribution in [-0.4, -0.2) is 9.97 Å². The summed E-state index contributed by atoms with van der Waals surface area (Å²) in [6.07, 6.45) is 4.98. The van der Waals surface area contributed by atoms with Crippen LogP contribution in [0, 0.1) is 0 Å². The van der Waals surface area contributed by atoms with Crippen molar-refractivity contribution in [3.05, 3.63) is 105 Å².